The number of carbonyl (C=O) groups is 1. The second-order valence-corrected chi connectivity index (χ2v) is 7.46. The third kappa shape index (κ3) is 7.49. The highest BCUT2D eigenvalue weighted by Crippen LogP contribution is 2.28. The van der Waals surface area contributed by atoms with Crippen LogP contribution in [0, 0.1) is 5.92 Å². The number of hydrogen-bond donors (Lipinski definition) is 2. The lowest BCUT2D eigenvalue weighted by atomic mass is 10.3. The molecule has 1 saturated carbocycles. The maximum absolute atomic E-state index is 12.5. The first kappa shape index (κ1) is 21.3. The number of ether oxygens (including phenoxy) is 1. The highest BCUT2D eigenvalue weighted by Gasteiger charge is 2.22. The SMILES string of the molecule is CN=C(NCCCOCC1CC1)NCCC(=O)N1CCN(c2ncccn2)CC1. The van der Waals surface area contributed by atoms with Gasteiger partial charge in [-0.2, -0.15) is 0 Å². The number of hydrogen-bond acceptors (Lipinski definition) is 6. The molecular formula is C20H33N7O2. The maximum atomic E-state index is 12.5. The van der Waals surface area contributed by atoms with Gasteiger partial charge < -0.3 is 25.2 Å². The lowest BCUT2D eigenvalue weighted by Gasteiger charge is -2.34. The van der Waals surface area contributed by atoms with Crippen LogP contribution in [0.3, 0.4) is 0 Å². The van der Waals surface area contributed by atoms with Crippen LogP contribution in [0.5, 0.6) is 0 Å². The average molecular weight is 404 g/mol. The number of carbonyl (C=O) groups excluding carboxylic acids is 1. The zero-order valence-corrected chi connectivity index (χ0v) is 17.3. The number of aromatic nitrogens is 2. The average Bonchev–Trinajstić information content (AvgIpc) is 3.60. The number of guanidine groups is 1. The third-order valence-electron chi connectivity index (χ3n) is 5.13. The smallest absolute Gasteiger partial charge is 0.225 e. The normalized spacial score (nSPS) is 17.3. The number of anilines is 1. The van der Waals surface area contributed by atoms with Gasteiger partial charge in [-0.05, 0) is 31.2 Å². The van der Waals surface area contributed by atoms with E-state index in [4.69, 9.17) is 4.74 Å². The fourth-order valence-electron chi connectivity index (χ4n) is 3.19. The number of piperazine rings is 1. The summed E-state index contributed by atoms with van der Waals surface area (Å²) in [6.07, 6.45) is 7.53. The van der Waals surface area contributed by atoms with E-state index in [-0.39, 0.29) is 5.91 Å². The van der Waals surface area contributed by atoms with Crippen molar-refractivity contribution in [1.82, 2.24) is 25.5 Å². The zero-order chi connectivity index (χ0) is 20.3. The van der Waals surface area contributed by atoms with E-state index in [9.17, 15) is 4.79 Å². The van der Waals surface area contributed by atoms with Crippen LogP contribution in [0.1, 0.15) is 25.7 Å². The topological polar surface area (TPSA) is 95.0 Å². The summed E-state index contributed by atoms with van der Waals surface area (Å²) in [6, 6.07) is 1.81. The molecule has 2 heterocycles. The van der Waals surface area contributed by atoms with Crippen molar-refractivity contribution in [2.45, 2.75) is 25.7 Å². The summed E-state index contributed by atoms with van der Waals surface area (Å²) in [4.78, 5) is 29.2. The van der Waals surface area contributed by atoms with Crippen LogP contribution in [-0.2, 0) is 9.53 Å². The molecule has 0 spiro atoms. The molecular weight excluding hydrogens is 370 g/mol. The fraction of sp³-hybridized carbons (Fsp3) is 0.700. The molecule has 1 aliphatic heterocycles. The summed E-state index contributed by atoms with van der Waals surface area (Å²) < 4.78 is 5.63. The summed E-state index contributed by atoms with van der Waals surface area (Å²) >= 11 is 0. The van der Waals surface area contributed by atoms with Gasteiger partial charge in [0.1, 0.15) is 0 Å². The van der Waals surface area contributed by atoms with Crippen molar-refractivity contribution in [2.24, 2.45) is 10.9 Å². The molecule has 0 bridgehead atoms. The Morgan fingerprint density at radius 3 is 2.59 bits per heavy atom. The van der Waals surface area contributed by atoms with Crippen molar-refractivity contribution < 1.29 is 9.53 Å². The molecule has 29 heavy (non-hydrogen) atoms. The minimum atomic E-state index is 0.162. The van der Waals surface area contributed by atoms with E-state index < -0.39 is 0 Å². The molecule has 0 unspecified atom stereocenters. The van der Waals surface area contributed by atoms with Gasteiger partial charge in [-0.15, -0.1) is 0 Å². The van der Waals surface area contributed by atoms with Crippen molar-refractivity contribution >= 4 is 17.8 Å². The largest absolute Gasteiger partial charge is 0.381 e. The summed E-state index contributed by atoms with van der Waals surface area (Å²) in [7, 11) is 1.74. The molecule has 1 saturated heterocycles. The second kappa shape index (κ2) is 11.5. The molecule has 1 aromatic heterocycles. The summed E-state index contributed by atoms with van der Waals surface area (Å²) in [5, 5.41) is 6.48. The van der Waals surface area contributed by atoms with Crippen LogP contribution in [-0.4, -0.2) is 86.3 Å². The molecule has 1 amide bonds. The zero-order valence-electron chi connectivity index (χ0n) is 17.3. The van der Waals surface area contributed by atoms with Crippen molar-refractivity contribution in [3.05, 3.63) is 18.5 Å². The van der Waals surface area contributed by atoms with E-state index in [2.05, 4.69) is 30.5 Å². The molecule has 1 aliphatic carbocycles. The quantitative estimate of drug-likeness (QED) is 0.334. The number of aliphatic imine (C=N–C) groups is 1. The van der Waals surface area contributed by atoms with Crippen molar-refractivity contribution in [3.63, 3.8) is 0 Å². The lowest BCUT2D eigenvalue weighted by molar-refractivity contribution is -0.131. The van der Waals surface area contributed by atoms with Gasteiger partial charge in [-0.25, -0.2) is 9.97 Å². The number of nitrogens with one attached hydrogen (secondary N) is 2. The van der Waals surface area contributed by atoms with E-state index in [1.54, 1.807) is 19.4 Å². The predicted octanol–water partition coefficient (Wildman–Crippen LogP) is 0.497. The van der Waals surface area contributed by atoms with E-state index in [0.717, 1.165) is 57.1 Å². The summed E-state index contributed by atoms with van der Waals surface area (Å²) in [6.45, 7) is 5.97. The molecule has 2 fully saturated rings. The number of rotatable bonds is 10. The van der Waals surface area contributed by atoms with Gasteiger partial charge in [0, 0.05) is 78.3 Å². The Morgan fingerprint density at radius 2 is 1.90 bits per heavy atom. The van der Waals surface area contributed by atoms with Gasteiger partial charge in [-0.1, -0.05) is 0 Å². The van der Waals surface area contributed by atoms with Crippen molar-refractivity contribution in [3.8, 4) is 0 Å². The van der Waals surface area contributed by atoms with Crippen LogP contribution in [0.15, 0.2) is 23.5 Å². The maximum Gasteiger partial charge on any atom is 0.225 e. The van der Waals surface area contributed by atoms with E-state index in [1.165, 1.54) is 12.8 Å². The van der Waals surface area contributed by atoms with E-state index in [0.29, 0.717) is 26.1 Å². The first-order chi connectivity index (χ1) is 14.3. The molecule has 0 radical (unpaired) electrons. The van der Waals surface area contributed by atoms with Crippen molar-refractivity contribution in [2.75, 3.05) is 64.4 Å². The van der Waals surface area contributed by atoms with Gasteiger partial charge in [0.25, 0.3) is 0 Å². The van der Waals surface area contributed by atoms with Crippen LogP contribution in [0.2, 0.25) is 0 Å². The minimum Gasteiger partial charge on any atom is -0.381 e. The van der Waals surface area contributed by atoms with Gasteiger partial charge in [-0.3, -0.25) is 9.79 Å². The molecule has 2 aliphatic rings. The molecule has 9 heteroatoms. The highest BCUT2D eigenvalue weighted by molar-refractivity contribution is 5.81. The van der Waals surface area contributed by atoms with E-state index in [1.807, 2.05) is 11.0 Å². The standard InChI is InChI=1S/C20H33N7O2/c1-21-19(22-9-3-15-29-16-17-4-5-17)23-10-6-18(28)26-11-13-27(14-12-26)20-24-7-2-8-25-20/h2,7-8,17H,3-6,9-16H2,1H3,(H2,21,22,23). The first-order valence-corrected chi connectivity index (χ1v) is 10.6. The van der Waals surface area contributed by atoms with Crippen molar-refractivity contribution in [1.29, 1.82) is 0 Å². The second-order valence-electron chi connectivity index (χ2n) is 7.46. The van der Waals surface area contributed by atoms with Crippen LogP contribution >= 0.6 is 0 Å². The number of amides is 1. The molecule has 0 atom stereocenters. The molecule has 0 aromatic carbocycles. The monoisotopic (exact) mass is 403 g/mol. The first-order valence-electron chi connectivity index (χ1n) is 10.6. The Labute approximate surface area is 172 Å². The molecule has 9 nitrogen and oxygen atoms in total. The summed E-state index contributed by atoms with van der Waals surface area (Å²) in [5.41, 5.74) is 0. The summed E-state index contributed by atoms with van der Waals surface area (Å²) in [5.74, 6) is 2.43. The highest BCUT2D eigenvalue weighted by atomic mass is 16.5. The Bertz CT molecular complexity index is 643. The molecule has 3 rings (SSSR count). The van der Waals surface area contributed by atoms with E-state index >= 15 is 0 Å². The van der Waals surface area contributed by atoms with Gasteiger partial charge in [0.15, 0.2) is 5.96 Å². The molecule has 160 valence electrons. The fourth-order valence-corrected chi connectivity index (χ4v) is 3.19. The molecule has 2 N–H and O–H groups in total. The Morgan fingerprint density at radius 1 is 1.17 bits per heavy atom. The van der Waals surface area contributed by atoms with Crippen LogP contribution in [0.4, 0.5) is 5.95 Å². The predicted molar refractivity (Wildman–Crippen MR) is 113 cm³/mol. The Hall–Kier alpha value is -2.42. The van der Waals surface area contributed by atoms with Crippen LogP contribution in [0.25, 0.3) is 0 Å². The van der Waals surface area contributed by atoms with Gasteiger partial charge in [0.2, 0.25) is 11.9 Å². The van der Waals surface area contributed by atoms with Gasteiger partial charge >= 0.3 is 0 Å². The molecule has 1 aromatic rings. The lowest BCUT2D eigenvalue weighted by Crippen LogP contribution is -2.50. The minimum absolute atomic E-state index is 0.162. The Kier molecular flexibility index (Phi) is 8.48. The van der Waals surface area contributed by atoms with Gasteiger partial charge in [0.05, 0.1) is 0 Å². The third-order valence-corrected chi connectivity index (χ3v) is 5.13. The van der Waals surface area contributed by atoms with Crippen LogP contribution < -0.4 is 15.5 Å². The Balaban J connectivity index is 1.25. The number of nitrogens with zero attached hydrogens (tertiary/aromatic N) is 5.